The number of benzene rings is 2. The first kappa shape index (κ1) is 15.1. The summed E-state index contributed by atoms with van der Waals surface area (Å²) >= 11 is 12.6. The summed E-state index contributed by atoms with van der Waals surface area (Å²) in [6.45, 7) is 3.80. The lowest BCUT2D eigenvalue weighted by atomic mass is 9.97. The third-order valence-corrected chi connectivity index (χ3v) is 4.17. The lowest BCUT2D eigenvalue weighted by Crippen LogP contribution is -2.03. The maximum absolute atomic E-state index is 14.1. The van der Waals surface area contributed by atoms with Crippen molar-refractivity contribution in [3.8, 4) is 5.75 Å². The normalized spacial score (nSPS) is 12.3. The van der Waals surface area contributed by atoms with Crippen LogP contribution in [0.3, 0.4) is 0 Å². The first-order valence-corrected chi connectivity index (χ1v) is 7.00. The first-order chi connectivity index (χ1) is 9.45. The fourth-order valence-corrected chi connectivity index (χ4v) is 2.84. The van der Waals surface area contributed by atoms with Crippen LogP contribution in [-0.2, 0) is 0 Å². The van der Waals surface area contributed by atoms with Crippen LogP contribution < -0.4 is 4.74 Å². The van der Waals surface area contributed by atoms with Crippen LogP contribution in [-0.4, -0.2) is 7.11 Å². The van der Waals surface area contributed by atoms with Gasteiger partial charge in [0.25, 0.3) is 0 Å². The minimum absolute atomic E-state index is 0.349. The van der Waals surface area contributed by atoms with Gasteiger partial charge >= 0.3 is 0 Å². The minimum Gasteiger partial charge on any atom is -0.496 e. The van der Waals surface area contributed by atoms with Gasteiger partial charge in [0.2, 0.25) is 0 Å². The molecule has 0 saturated heterocycles. The molecule has 0 amide bonds. The summed E-state index contributed by atoms with van der Waals surface area (Å²) in [5.41, 5.74) is 3.01. The maximum Gasteiger partial charge on any atom is 0.131 e. The predicted octanol–water partition coefficient (Wildman–Crippen LogP) is 5.43. The van der Waals surface area contributed by atoms with E-state index in [1.807, 2.05) is 26.0 Å². The molecule has 0 spiro atoms. The lowest BCUT2D eigenvalue weighted by molar-refractivity contribution is 0.405. The van der Waals surface area contributed by atoms with E-state index in [0.29, 0.717) is 16.3 Å². The predicted molar refractivity (Wildman–Crippen MR) is 81.6 cm³/mol. The summed E-state index contributed by atoms with van der Waals surface area (Å²) in [4.78, 5) is 0. The number of aryl methyl sites for hydroxylation is 2. The largest absolute Gasteiger partial charge is 0.496 e. The second-order valence-electron chi connectivity index (χ2n) is 4.68. The third-order valence-electron chi connectivity index (χ3n) is 3.31. The van der Waals surface area contributed by atoms with Crippen LogP contribution in [0.2, 0.25) is 5.02 Å². The molecule has 0 radical (unpaired) electrons. The Morgan fingerprint density at radius 3 is 2.50 bits per heavy atom. The Bertz CT molecular complexity index is 641. The zero-order valence-corrected chi connectivity index (χ0v) is 13.0. The highest BCUT2D eigenvalue weighted by atomic mass is 35.5. The van der Waals surface area contributed by atoms with Gasteiger partial charge in [-0.05, 0) is 48.7 Å². The van der Waals surface area contributed by atoms with E-state index in [4.69, 9.17) is 27.9 Å². The molecule has 0 fully saturated rings. The fraction of sp³-hybridized carbons (Fsp3) is 0.250. The molecule has 0 heterocycles. The summed E-state index contributed by atoms with van der Waals surface area (Å²) in [5, 5.41) is 0.0535. The standard InChI is InChI=1S/C16H15Cl2FO/c1-9-8-12(17)10(2)7-11(9)16(18)15-13(19)5-4-6-14(15)20-3/h4-8,16H,1-3H3. The number of halogens is 3. The molecule has 106 valence electrons. The van der Waals surface area contributed by atoms with Crippen LogP contribution in [0, 0.1) is 19.7 Å². The van der Waals surface area contributed by atoms with Gasteiger partial charge in [0.15, 0.2) is 0 Å². The molecule has 20 heavy (non-hydrogen) atoms. The highest BCUT2D eigenvalue weighted by Crippen LogP contribution is 2.39. The number of hydrogen-bond donors (Lipinski definition) is 0. The molecule has 2 rings (SSSR count). The van der Waals surface area contributed by atoms with E-state index < -0.39 is 5.38 Å². The molecule has 1 unspecified atom stereocenters. The molecular formula is C16H15Cl2FO. The lowest BCUT2D eigenvalue weighted by Gasteiger charge is -2.18. The molecular weight excluding hydrogens is 298 g/mol. The molecule has 0 saturated carbocycles. The Kier molecular flexibility index (Phi) is 4.56. The molecule has 0 aliphatic rings. The van der Waals surface area contributed by atoms with Crippen molar-refractivity contribution in [3.05, 3.63) is 63.4 Å². The van der Waals surface area contributed by atoms with Gasteiger partial charge in [-0.3, -0.25) is 0 Å². The average Bonchev–Trinajstić information content (AvgIpc) is 2.41. The van der Waals surface area contributed by atoms with Gasteiger partial charge in [0, 0.05) is 5.02 Å². The summed E-state index contributed by atoms with van der Waals surface area (Å²) in [6, 6.07) is 8.41. The molecule has 0 N–H and O–H groups in total. The van der Waals surface area contributed by atoms with Gasteiger partial charge in [-0.2, -0.15) is 0 Å². The van der Waals surface area contributed by atoms with Crippen molar-refractivity contribution in [1.29, 1.82) is 0 Å². The zero-order chi connectivity index (χ0) is 14.9. The SMILES string of the molecule is COc1cccc(F)c1C(Cl)c1cc(C)c(Cl)cc1C. The van der Waals surface area contributed by atoms with Crippen LogP contribution in [0.1, 0.15) is 27.6 Å². The van der Waals surface area contributed by atoms with Gasteiger partial charge in [-0.1, -0.05) is 23.7 Å². The number of methoxy groups -OCH3 is 1. The van der Waals surface area contributed by atoms with E-state index in [9.17, 15) is 4.39 Å². The monoisotopic (exact) mass is 312 g/mol. The summed E-state index contributed by atoms with van der Waals surface area (Å²) in [6.07, 6.45) is 0. The van der Waals surface area contributed by atoms with Crippen molar-refractivity contribution in [3.63, 3.8) is 0 Å². The summed E-state index contributed by atoms with van der Waals surface area (Å²) < 4.78 is 19.3. The quantitative estimate of drug-likeness (QED) is 0.686. The van der Waals surface area contributed by atoms with Gasteiger partial charge in [0.1, 0.15) is 11.6 Å². The van der Waals surface area contributed by atoms with Gasteiger partial charge in [0.05, 0.1) is 18.1 Å². The van der Waals surface area contributed by atoms with Crippen molar-refractivity contribution >= 4 is 23.2 Å². The average molecular weight is 313 g/mol. The fourth-order valence-electron chi connectivity index (χ4n) is 2.17. The zero-order valence-electron chi connectivity index (χ0n) is 11.5. The summed E-state index contributed by atoms with van der Waals surface area (Å²) in [7, 11) is 1.50. The van der Waals surface area contributed by atoms with Crippen LogP contribution in [0.15, 0.2) is 30.3 Å². The highest BCUT2D eigenvalue weighted by molar-refractivity contribution is 6.31. The Morgan fingerprint density at radius 1 is 1.15 bits per heavy atom. The van der Waals surface area contributed by atoms with Gasteiger partial charge < -0.3 is 4.74 Å². The first-order valence-electron chi connectivity index (χ1n) is 6.18. The van der Waals surface area contributed by atoms with E-state index in [2.05, 4.69) is 0 Å². The number of rotatable bonds is 3. The van der Waals surface area contributed by atoms with E-state index in [0.717, 1.165) is 16.7 Å². The van der Waals surface area contributed by atoms with Crippen LogP contribution in [0.5, 0.6) is 5.75 Å². The third kappa shape index (κ3) is 2.77. The van der Waals surface area contributed by atoms with Crippen LogP contribution >= 0.6 is 23.2 Å². The van der Waals surface area contributed by atoms with Gasteiger partial charge in [-0.25, -0.2) is 4.39 Å². The molecule has 4 heteroatoms. The van der Waals surface area contributed by atoms with E-state index in [-0.39, 0.29) is 5.82 Å². The van der Waals surface area contributed by atoms with Crippen molar-refractivity contribution in [2.24, 2.45) is 0 Å². The molecule has 0 bridgehead atoms. The molecule has 0 aromatic heterocycles. The molecule has 1 nitrogen and oxygen atoms in total. The number of alkyl halides is 1. The van der Waals surface area contributed by atoms with E-state index in [1.165, 1.54) is 13.2 Å². The second-order valence-corrected chi connectivity index (χ2v) is 5.52. The number of hydrogen-bond acceptors (Lipinski definition) is 1. The number of ether oxygens (including phenoxy) is 1. The summed E-state index contributed by atoms with van der Waals surface area (Å²) in [5.74, 6) is 0.0633. The topological polar surface area (TPSA) is 9.23 Å². The molecule has 1 atom stereocenters. The van der Waals surface area contributed by atoms with Crippen molar-refractivity contribution < 1.29 is 9.13 Å². The van der Waals surface area contributed by atoms with Gasteiger partial charge in [-0.15, -0.1) is 11.6 Å². The molecule has 2 aromatic rings. The van der Waals surface area contributed by atoms with E-state index >= 15 is 0 Å². The Labute approximate surface area is 128 Å². The van der Waals surface area contributed by atoms with E-state index in [1.54, 1.807) is 12.1 Å². The molecule has 2 aromatic carbocycles. The molecule has 0 aliphatic heterocycles. The minimum atomic E-state index is -0.623. The molecule has 0 aliphatic carbocycles. The van der Waals surface area contributed by atoms with Crippen molar-refractivity contribution in [2.45, 2.75) is 19.2 Å². The van der Waals surface area contributed by atoms with Crippen LogP contribution in [0.4, 0.5) is 4.39 Å². The smallest absolute Gasteiger partial charge is 0.131 e. The van der Waals surface area contributed by atoms with Crippen LogP contribution in [0.25, 0.3) is 0 Å². The highest BCUT2D eigenvalue weighted by Gasteiger charge is 2.22. The maximum atomic E-state index is 14.1. The Morgan fingerprint density at radius 2 is 1.85 bits per heavy atom. The second kappa shape index (κ2) is 6.02. The Balaban J connectivity index is 2.57. The van der Waals surface area contributed by atoms with Crippen molar-refractivity contribution in [1.82, 2.24) is 0 Å². The van der Waals surface area contributed by atoms with Crippen molar-refractivity contribution in [2.75, 3.05) is 7.11 Å². The Hall–Kier alpha value is -1.25.